The third kappa shape index (κ3) is 10.7. The molecule has 0 N–H and O–H groups in total. The Bertz CT molecular complexity index is 594. The van der Waals surface area contributed by atoms with Crippen molar-refractivity contribution in [1.29, 1.82) is 0 Å². The molecule has 0 amide bonds. The van der Waals surface area contributed by atoms with Crippen LogP contribution in [0.25, 0.3) is 0 Å². The second-order valence-electron chi connectivity index (χ2n) is 8.64. The van der Waals surface area contributed by atoms with E-state index in [9.17, 15) is 0 Å². The fourth-order valence-electron chi connectivity index (χ4n) is 3.61. The van der Waals surface area contributed by atoms with Gasteiger partial charge in [-0.3, -0.25) is 0 Å². The fourth-order valence-corrected chi connectivity index (χ4v) is 3.61. The first-order valence-corrected chi connectivity index (χ1v) is 11.7. The largest absolute Gasteiger partial charge is 0.0654 e. The molecular weight excluding hydrogens is 336 g/mol. The second-order valence-corrected chi connectivity index (χ2v) is 8.64. The Hall–Kier alpha value is -1.56. The molecule has 0 unspecified atom stereocenters. The van der Waals surface area contributed by atoms with Gasteiger partial charge in [0, 0.05) is 0 Å². The maximum absolute atomic E-state index is 2.32. The molecule has 0 aliphatic carbocycles. The molecule has 0 radical (unpaired) electrons. The first kappa shape index (κ1) is 24.5. The van der Waals surface area contributed by atoms with Gasteiger partial charge in [0.2, 0.25) is 0 Å². The van der Waals surface area contributed by atoms with Gasteiger partial charge in [-0.15, -0.1) is 0 Å². The lowest BCUT2D eigenvalue weighted by Gasteiger charge is -2.12. The van der Waals surface area contributed by atoms with Crippen molar-refractivity contribution in [3.8, 4) is 0 Å². The Morgan fingerprint density at radius 2 is 1.11 bits per heavy atom. The van der Waals surface area contributed by atoms with Gasteiger partial charge in [-0.25, -0.2) is 0 Å². The number of rotatable bonds is 11. The van der Waals surface area contributed by atoms with Crippen LogP contribution in [0.5, 0.6) is 0 Å². The Kier molecular flexibility index (Phi) is 13.4. The predicted molar refractivity (Wildman–Crippen MR) is 127 cm³/mol. The van der Waals surface area contributed by atoms with Crippen LogP contribution in [0.15, 0.2) is 54.6 Å². The third-order valence-electron chi connectivity index (χ3n) is 5.44. The highest BCUT2D eigenvalue weighted by molar-refractivity contribution is 5.29. The normalized spacial score (nSPS) is 10.8. The molecule has 0 aliphatic heterocycles. The standard InChI is InChI=1S/C19H32.C9H12/c1-4-5-6-7-8-9-10-11-14-18-15-12-13-16-19(18)17(2)3;1-8(2)9-6-4-3-5-7-9/h12-13,15-17H,4-11,14H2,1-3H3;3-8H,1-2H3. The van der Waals surface area contributed by atoms with E-state index in [0.717, 1.165) is 0 Å². The van der Waals surface area contributed by atoms with Crippen molar-refractivity contribution in [3.63, 3.8) is 0 Å². The van der Waals surface area contributed by atoms with Gasteiger partial charge in [0.15, 0.2) is 0 Å². The second kappa shape index (κ2) is 15.4. The van der Waals surface area contributed by atoms with Crippen LogP contribution >= 0.6 is 0 Å². The molecule has 28 heavy (non-hydrogen) atoms. The lowest BCUT2D eigenvalue weighted by Crippen LogP contribution is -1.96. The number of benzene rings is 2. The van der Waals surface area contributed by atoms with Crippen LogP contribution in [0.4, 0.5) is 0 Å². The van der Waals surface area contributed by atoms with Crippen LogP contribution in [0.1, 0.15) is 115 Å². The summed E-state index contributed by atoms with van der Waals surface area (Å²) < 4.78 is 0. The molecule has 2 aromatic carbocycles. The summed E-state index contributed by atoms with van der Waals surface area (Å²) >= 11 is 0. The van der Waals surface area contributed by atoms with E-state index in [2.05, 4.69) is 83.1 Å². The Balaban J connectivity index is 0.000000362. The van der Waals surface area contributed by atoms with Gasteiger partial charge in [0.1, 0.15) is 0 Å². The van der Waals surface area contributed by atoms with Gasteiger partial charge in [-0.05, 0) is 41.4 Å². The molecule has 0 bridgehead atoms. The van der Waals surface area contributed by atoms with E-state index in [1.165, 1.54) is 63.4 Å². The van der Waals surface area contributed by atoms with Gasteiger partial charge in [0.05, 0.1) is 0 Å². The average Bonchev–Trinajstić information content (AvgIpc) is 2.71. The molecule has 0 saturated carbocycles. The molecule has 0 heterocycles. The van der Waals surface area contributed by atoms with Crippen molar-refractivity contribution in [3.05, 3.63) is 71.3 Å². The Morgan fingerprint density at radius 3 is 1.64 bits per heavy atom. The highest BCUT2D eigenvalue weighted by Gasteiger charge is 2.05. The average molecular weight is 381 g/mol. The van der Waals surface area contributed by atoms with E-state index in [4.69, 9.17) is 0 Å². The fraction of sp³-hybridized carbons (Fsp3) is 0.571. The minimum Gasteiger partial charge on any atom is -0.0654 e. The number of aryl methyl sites for hydroxylation is 1. The number of unbranched alkanes of at least 4 members (excludes halogenated alkanes) is 7. The summed E-state index contributed by atoms with van der Waals surface area (Å²) in [7, 11) is 0. The summed E-state index contributed by atoms with van der Waals surface area (Å²) in [4.78, 5) is 0. The van der Waals surface area contributed by atoms with Crippen molar-refractivity contribution in [2.24, 2.45) is 0 Å². The molecule has 0 aliphatic rings. The molecule has 0 nitrogen and oxygen atoms in total. The predicted octanol–water partition coefficient (Wildman–Crippen LogP) is 9.30. The molecule has 2 rings (SSSR count). The molecule has 2 aromatic rings. The lowest BCUT2D eigenvalue weighted by molar-refractivity contribution is 0.574. The molecule has 0 heteroatoms. The van der Waals surface area contributed by atoms with E-state index < -0.39 is 0 Å². The van der Waals surface area contributed by atoms with E-state index in [0.29, 0.717) is 11.8 Å². The van der Waals surface area contributed by atoms with Crippen molar-refractivity contribution in [2.75, 3.05) is 0 Å². The topological polar surface area (TPSA) is 0 Å². The Labute approximate surface area is 175 Å². The molecule has 0 aromatic heterocycles. The van der Waals surface area contributed by atoms with Gasteiger partial charge in [0.25, 0.3) is 0 Å². The van der Waals surface area contributed by atoms with Gasteiger partial charge in [-0.2, -0.15) is 0 Å². The van der Waals surface area contributed by atoms with E-state index in [1.807, 2.05) is 6.07 Å². The monoisotopic (exact) mass is 380 g/mol. The number of hydrogen-bond donors (Lipinski definition) is 0. The first-order valence-electron chi connectivity index (χ1n) is 11.7. The van der Waals surface area contributed by atoms with Crippen molar-refractivity contribution < 1.29 is 0 Å². The van der Waals surface area contributed by atoms with Gasteiger partial charge >= 0.3 is 0 Å². The van der Waals surface area contributed by atoms with E-state index in [1.54, 1.807) is 11.1 Å². The van der Waals surface area contributed by atoms with Gasteiger partial charge < -0.3 is 0 Å². The summed E-state index contributed by atoms with van der Waals surface area (Å²) in [6.45, 7) is 11.3. The lowest BCUT2D eigenvalue weighted by atomic mass is 9.94. The zero-order valence-corrected chi connectivity index (χ0v) is 19.2. The quantitative estimate of drug-likeness (QED) is 0.341. The third-order valence-corrected chi connectivity index (χ3v) is 5.44. The van der Waals surface area contributed by atoms with Crippen LogP contribution in [-0.4, -0.2) is 0 Å². The zero-order chi connectivity index (χ0) is 20.6. The maximum atomic E-state index is 2.32. The molecule has 156 valence electrons. The minimum atomic E-state index is 0.658. The van der Waals surface area contributed by atoms with Crippen LogP contribution in [0.2, 0.25) is 0 Å². The maximum Gasteiger partial charge on any atom is -0.0216 e. The van der Waals surface area contributed by atoms with Crippen LogP contribution in [0, 0.1) is 0 Å². The summed E-state index contributed by atoms with van der Waals surface area (Å²) in [5.74, 6) is 1.32. The molecule has 0 saturated heterocycles. The smallest absolute Gasteiger partial charge is 0.0216 e. The highest BCUT2D eigenvalue weighted by Crippen LogP contribution is 2.21. The first-order chi connectivity index (χ1) is 13.6. The SMILES string of the molecule is CC(C)c1ccccc1.CCCCCCCCCCc1ccccc1C(C)C. The van der Waals surface area contributed by atoms with Crippen molar-refractivity contribution in [2.45, 2.75) is 104 Å². The summed E-state index contributed by atoms with van der Waals surface area (Å²) in [6.07, 6.45) is 12.5. The Morgan fingerprint density at radius 1 is 0.571 bits per heavy atom. The van der Waals surface area contributed by atoms with E-state index in [-0.39, 0.29) is 0 Å². The summed E-state index contributed by atoms with van der Waals surface area (Å²) in [5, 5.41) is 0. The number of hydrogen-bond acceptors (Lipinski definition) is 0. The molecule has 0 atom stereocenters. The summed E-state index contributed by atoms with van der Waals surface area (Å²) in [5.41, 5.74) is 4.53. The minimum absolute atomic E-state index is 0.658. The van der Waals surface area contributed by atoms with Crippen LogP contribution in [-0.2, 0) is 6.42 Å². The highest BCUT2D eigenvalue weighted by atomic mass is 14.1. The van der Waals surface area contributed by atoms with E-state index >= 15 is 0 Å². The van der Waals surface area contributed by atoms with Crippen LogP contribution in [0.3, 0.4) is 0 Å². The molecule has 0 fully saturated rings. The zero-order valence-electron chi connectivity index (χ0n) is 19.2. The molecular formula is C28H44. The summed E-state index contributed by atoms with van der Waals surface area (Å²) in [6, 6.07) is 19.5. The molecule has 0 spiro atoms. The van der Waals surface area contributed by atoms with Crippen LogP contribution < -0.4 is 0 Å². The van der Waals surface area contributed by atoms with Crippen molar-refractivity contribution in [1.82, 2.24) is 0 Å². The van der Waals surface area contributed by atoms with Gasteiger partial charge in [-0.1, -0.05) is 134 Å². The van der Waals surface area contributed by atoms with Crippen molar-refractivity contribution >= 4 is 0 Å².